The van der Waals surface area contributed by atoms with E-state index in [0.29, 0.717) is 6.07 Å². The molecule has 0 aliphatic heterocycles. The van der Waals surface area contributed by atoms with Crippen molar-refractivity contribution in [2.75, 3.05) is 5.73 Å². The first kappa shape index (κ1) is 9.63. The van der Waals surface area contributed by atoms with Gasteiger partial charge in [0, 0.05) is 6.07 Å². The van der Waals surface area contributed by atoms with Gasteiger partial charge in [-0.25, -0.2) is 4.39 Å². The van der Waals surface area contributed by atoms with Crippen molar-refractivity contribution in [3.63, 3.8) is 0 Å². The van der Waals surface area contributed by atoms with Gasteiger partial charge in [0.1, 0.15) is 5.75 Å². The largest absolute Gasteiger partial charge is 0.508 e. The molecule has 2 nitrogen and oxygen atoms in total. The number of anilines is 1. The molecule has 0 saturated heterocycles. The van der Waals surface area contributed by atoms with Gasteiger partial charge in [-0.1, -0.05) is 0 Å². The second-order valence-corrected chi connectivity index (χ2v) is 2.39. The average Bonchev–Trinajstić information content (AvgIpc) is 1.94. The van der Waals surface area contributed by atoms with Crippen LogP contribution in [0.4, 0.5) is 23.2 Å². The predicted octanol–water partition coefficient (Wildman–Crippen LogP) is 2.13. The number of rotatable bonds is 0. The molecule has 3 N–H and O–H groups in total. The number of alkyl halides is 3. The van der Waals surface area contributed by atoms with Crippen molar-refractivity contribution in [1.29, 1.82) is 0 Å². The normalized spacial score (nSPS) is 11.7. The Labute approximate surface area is 70.6 Å². The molecular weight excluding hydrogens is 190 g/mol. The van der Waals surface area contributed by atoms with Crippen LogP contribution in [-0.4, -0.2) is 5.11 Å². The highest BCUT2D eigenvalue weighted by atomic mass is 19.4. The molecule has 1 rings (SSSR count). The van der Waals surface area contributed by atoms with Crippen LogP contribution < -0.4 is 5.73 Å². The van der Waals surface area contributed by atoms with Crippen molar-refractivity contribution in [2.45, 2.75) is 6.18 Å². The lowest BCUT2D eigenvalue weighted by Gasteiger charge is -2.09. The number of aromatic hydroxyl groups is 1. The number of halogens is 4. The Morgan fingerprint density at radius 2 is 1.77 bits per heavy atom. The Bertz CT molecular complexity index is 334. The molecule has 0 atom stereocenters. The third-order valence-electron chi connectivity index (χ3n) is 1.39. The number of benzene rings is 1. The molecule has 1 aromatic rings. The van der Waals surface area contributed by atoms with Gasteiger partial charge in [-0.2, -0.15) is 13.2 Å². The molecule has 0 amide bonds. The molecular formula is C7H5F4NO. The highest BCUT2D eigenvalue weighted by Crippen LogP contribution is 2.35. The second kappa shape index (κ2) is 2.79. The van der Waals surface area contributed by atoms with E-state index in [1.807, 2.05) is 0 Å². The van der Waals surface area contributed by atoms with Crippen LogP contribution in [0.1, 0.15) is 5.56 Å². The highest BCUT2D eigenvalue weighted by Gasteiger charge is 2.35. The van der Waals surface area contributed by atoms with Crippen LogP contribution in [0.3, 0.4) is 0 Å². The molecule has 0 saturated carbocycles. The molecule has 0 aromatic heterocycles. The minimum atomic E-state index is -4.85. The van der Waals surface area contributed by atoms with Crippen molar-refractivity contribution < 1.29 is 22.7 Å². The van der Waals surface area contributed by atoms with E-state index in [1.54, 1.807) is 0 Å². The lowest BCUT2D eigenvalue weighted by atomic mass is 10.1. The Kier molecular flexibility index (Phi) is 2.07. The number of phenolic OH excluding ortho intramolecular Hbond substituents is 1. The van der Waals surface area contributed by atoms with E-state index >= 15 is 0 Å². The summed E-state index contributed by atoms with van der Waals surface area (Å²) >= 11 is 0. The zero-order valence-corrected chi connectivity index (χ0v) is 6.19. The van der Waals surface area contributed by atoms with Crippen molar-refractivity contribution >= 4 is 5.69 Å². The summed E-state index contributed by atoms with van der Waals surface area (Å²) in [6, 6.07) is 0.996. The number of hydrogen-bond acceptors (Lipinski definition) is 2. The van der Waals surface area contributed by atoms with Gasteiger partial charge in [-0.3, -0.25) is 0 Å². The smallest absolute Gasteiger partial charge is 0.419 e. The quantitative estimate of drug-likeness (QED) is 0.492. The van der Waals surface area contributed by atoms with Crippen LogP contribution in [0, 0.1) is 5.82 Å². The summed E-state index contributed by atoms with van der Waals surface area (Å²) < 4.78 is 48.7. The monoisotopic (exact) mass is 195 g/mol. The summed E-state index contributed by atoms with van der Waals surface area (Å²) in [4.78, 5) is 0. The lowest BCUT2D eigenvalue weighted by molar-refractivity contribution is -0.140. The molecule has 0 spiro atoms. The minimum absolute atomic E-state index is 0.283. The Hall–Kier alpha value is -1.46. The van der Waals surface area contributed by atoms with E-state index in [1.165, 1.54) is 0 Å². The maximum absolute atomic E-state index is 12.7. The Balaban J connectivity index is 3.37. The van der Waals surface area contributed by atoms with Crippen molar-refractivity contribution in [3.05, 3.63) is 23.5 Å². The standard InChI is InChI=1S/C7H5F4NO/c8-6-4(7(9,10)11)1-3(13)2-5(6)12/h1-2,13H,12H2. The maximum Gasteiger partial charge on any atom is 0.419 e. The maximum atomic E-state index is 12.7. The van der Waals surface area contributed by atoms with Crippen LogP contribution in [0.25, 0.3) is 0 Å². The van der Waals surface area contributed by atoms with Gasteiger partial charge < -0.3 is 10.8 Å². The van der Waals surface area contributed by atoms with E-state index in [4.69, 9.17) is 10.8 Å². The third kappa shape index (κ3) is 1.82. The van der Waals surface area contributed by atoms with Gasteiger partial charge in [0.15, 0.2) is 5.82 Å². The second-order valence-electron chi connectivity index (χ2n) is 2.39. The highest BCUT2D eigenvalue weighted by molar-refractivity contribution is 5.49. The summed E-state index contributed by atoms with van der Waals surface area (Å²) in [5, 5.41) is 8.74. The molecule has 1 aromatic carbocycles. The van der Waals surface area contributed by atoms with E-state index in [2.05, 4.69) is 0 Å². The lowest BCUT2D eigenvalue weighted by Crippen LogP contribution is -2.09. The van der Waals surface area contributed by atoms with E-state index < -0.39 is 29.0 Å². The number of nitrogens with two attached hydrogens (primary N) is 1. The van der Waals surface area contributed by atoms with Crippen LogP contribution in [0.2, 0.25) is 0 Å². The fourth-order valence-corrected chi connectivity index (χ4v) is 0.837. The number of phenols is 1. The van der Waals surface area contributed by atoms with Gasteiger partial charge in [0.2, 0.25) is 0 Å². The Morgan fingerprint density at radius 3 is 2.23 bits per heavy atom. The molecule has 0 aliphatic rings. The molecule has 0 heterocycles. The third-order valence-corrected chi connectivity index (χ3v) is 1.39. The average molecular weight is 195 g/mol. The summed E-state index contributed by atoms with van der Waals surface area (Å²) in [6.45, 7) is 0. The molecule has 6 heteroatoms. The van der Waals surface area contributed by atoms with Gasteiger partial charge in [0.25, 0.3) is 0 Å². The molecule has 72 valence electrons. The molecule has 13 heavy (non-hydrogen) atoms. The Morgan fingerprint density at radius 1 is 1.23 bits per heavy atom. The van der Waals surface area contributed by atoms with Crippen LogP contribution in [-0.2, 0) is 6.18 Å². The molecule has 0 unspecified atom stereocenters. The SMILES string of the molecule is Nc1cc(O)cc(C(F)(F)F)c1F. The molecule has 0 radical (unpaired) electrons. The molecule has 0 bridgehead atoms. The van der Waals surface area contributed by atoms with Crippen molar-refractivity contribution in [3.8, 4) is 5.75 Å². The first-order valence-electron chi connectivity index (χ1n) is 3.17. The fourth-order valence-electron chi connectivity index (χ4n) is 0.837. The van der Waals surface area contributed by atoms with E-state index in [0.717, 1.165) is 0 Å². The zero-order valence-electron chi connectivity index (χ0n) is 6.19. The summed E-state index contributed by atoms with van der Waals surface area (Å²) in [7, 11) is 0. The topological polar surface area (TPSA) is 46.2 Å². The van der Waals surface area contributed by atoms with Crippen molar-refractivity contribution in [2.24, 2.45) is 0 Å². The number of nitrogen functional groups attached to an aromatic ring is 1. The first-order chi connectivity index (χ1) is 5.82. The summed E-state index contributed by atoms with van der Waals surface area (Å²) in [6.07, 6.45) is -4.85. The van der Waals surface area contributed by atoms with Gasteiger partial charge in [0.05, 0.1) is 11.3 Å². The summed E-state index contributed by atoms with van der Waals surface area (Å²) in [5.41, 5.74) is 2.59. The van der Waals surface area contributed by atoms with Crippen LogP contribution >= 0.6 is 0 Å². The zero-order chi connectivity index (χ0) is 10.2. The fraction of sp³-hybridized carbons (Fsp3) is 0.143. The molecule has 0 fully saturated rings. The predicted molar refractivity (Wildman–Crippen MR) is 37.5 cm³/mol. The number of hydrogen-bond donors (Lipinski definition) is 2. The summed E-state index contributed by atoms with van der Waals surface area (Å²) in [5.74, 6) is -2.28. The van der Waals surface area contributed by atoms with Gasteiger partial charge in [-0.15, -0.1) is 0 Å². The van der Waals surface area contributed by atoms with Crippen LogP contribution in [0.15, 0.2) is 12.1 Å². The van der Waals surface area contributed by atoms with E-state index in [9.17, 15) is 17.6 Å². The first-order valence-corrected chi connectivity index (χ1v) is 3.17. The van der Waals surface area contributed by atoms with Gasteiger partial charge in [-0.05, 0) is 6.07 Å². The van der Waals surface area contributed by atoms with Gasteiger partial charge >= 0.3 is 6.18 Å². The van der Waals surface area contributed by atoms with E-state index in [-0.39, 0.29) is 6.07 Å². The minimum Gasteiger partial charge on any atom is -0.508 e. The molecule has 0 aliphatic carbocycles. The van der Waals surface area contributed by atoms with Crippen LogP contribution in [0.5, 0.6) is 5.75 Å². The van der Waals surface area contributed by atoms with Crippen molar-refractivity contribution in [1.82, 2.24) is 0 Å².